The molecule has 2 unspecified atom stereocenters. The normalized spacial score (nSPS) is 23.7. The van der Waals surface area contributed by atoms with E-state index in [1.54, 1.807) is 6.33 Å². The predicted octanol–water partition coefficient (Wildman–Crippen LogP) is 3.17. The molecule has 0 bridgehead atoms. The molecule has 0 aliphatic heterocycles. The van der Waals surface area contributed by atoms with Gasteiger partial charge in [0, 0.05) is 6.54 Å². The van der Waals surface area contributed by atoms with E-state index in [1.165, 1.54) is 12.8 Å². The van der Waals surface area contributed by atoms with Crippen molar-refractivity contribution in [3.05, 3.63) is 11.9 Å². The lowest BCUT2D eigenvalue weighted by Gasteiger charge is -2.27. The summed E-state index contributed by atoms with van der Waals surface area (Å²) in [6.07, 6.45) is 6.76. The summed E-state index contributed by atoms with van der Waals surface area (Å²) in [7, 11) is 0. The van der Waals surface area contributed by atoms with Crippen LogP contribution in [0.15, 0.2) is 6.33 Å². The first-order valence-corrected chi connectivity index (χ1v) is 6.92. The quantitative estimate of drug-likeness (QED) is 0.890. The zero-order valence-corrected chi connectivity index (χ0v) is 11.6. The first kappa shape index (κ1) is 13.1. The Bertz CT molecular complexity index is 395. The van der Waals surface area contributed by atoms with E-state index in [1.807, 2.05) is 6.92 Å². The second-order valence-corrected chi connectivity index (χ2v) is 5.19. The van der Waals surface area contributed by atoms with Crippen LogP contribution in [0.5, 0.6) is 5.88 Å². The molecule has 2 rings (SSSR count). The zero-order chi connectivity index (χ0) is 13.0. The molecule has 1 aromatic heterocycles. The van der Waals surface area contributed by atoms with Crippen molar-refractivity contribution in [2.45, 2.75) is 52.6 Å². The molecule has 2 atom stereocenters. The number of rotatable bonds is 4. The van der Waals surface area contributed by atoms with Gasteiger partial charge in [-0.05, 0) is 39.0 Å². The highest BCUT2D eigenvalue weighted by Gasteiger charge is 2.21. The standard InChI is InChI=1S/C14H23N3O/c1-4-15-13-11(3)14(17-9-16-13)18-12-7-5-6-10(2)8-12/h9-10,12H,4-8H2,1-3H3,(H,15,16,17). The highest BCUT2D eigenvalue weighted by molar-refractivity contribution is 5.47. The van der Waals surface area contributed by atoms with Gasteiger partial charge in [0.15, 0.2) is 0 Å². The second kappa shape index (κ2) is 6.03. The van der Waals surface area contributed by atoms with E-state index in [4.69, 9.17) is 4.74 Å². The molecule has 1 N–H and O–H groups in total. The molecular weight excluding hydrogens is 226 g/mol. The topological polar surface area (TPSA) is 47.0 Å². The molecule has 0 amide bonds. The minimum absolute atomic E-state index is 0.317. The molecule has 100 valence electrons. The van der Waals surface area contributed by atoms with E-state index in [-0.39, 0.29) is 0 Å². The summed E-state index contributed by atoms with van der Waals surface area (Å²) in [5.74, 6) is 2.38. The molecule has 4 heteroatoms. The fourth-order valence-electron chi connectivity index (χ4n) is 2.54. The monoisotopic (exact) mass is 249 g/mol. The van der Waals surface area contributed by atoms with Crippen molar-refractivity contribution in [1.82, 2.24) is 9.97 Å². The lowest BCUT2D eigenvalue weighted by Crippen LogP contribution is -2.25. The lowest BCUT2D eigenvalue weighted by molar-refractivity contribution is 0.123. The van der Waals surface area contributed by atoms with E-state index in [0.717, 1.165) is 42.6 Å². The third kappa shape index (κ3) is 3.12. The van der Waals surface area contributed by atoms with Crippen LogP contribution in [0.4, 0.5) is 5.82 Å². The van der Waals surface area contributed by atoms with Crippen LogP contribution in [0, 0.1) is 12.8 Å². The number of nitrogens with one attached hydrogen (secondary N) is 1. The van der Waals surface area contributed by atoms with Crippen molar-refractivity contribution in [3.63, 3.8) is 0 Å². The fourth-order valence-corrected chi connectivity index (χ4v) is 2.54. The van der Waals surface area contributed by atoms with E-state index in [2.05, 4.69) is 29.1 Å². The van der Waals surface area contributed by atoms with Crippen molar-refractivity contribution >= 4 is 5.82 Å². The molecule has 1 saturated carbocycles. The summed E-state index contributed by atoms with van der Waals surface area (Å²) in [6.45, 7) is 7.23. The maximum absolute atomic E-state index is 6.05. The van der Waals surface area contributed by atoms with Gasteiger partial charge in [0.05, 0.1) is 5.56 Å². The Labute approximate surface area is 109 Å². The van der Waals surface area contributed by atoms with Gasteiger partial charge in [-0.3, -0.25) is 0 Å². The number of nitrogens with zero attached hydrogens (tertiary/aromatic N) is 2. The molecule has 1 heterocycles. The molecule has 1 fully saturated rings. The largest absolute Gasteiger partial charge is 0.474 e. The molecule has 1 aromatic rings. The van der Waals surface area contributed by atoms with Crippen molar-refractivity contribution < 1.29 is 4.74 Å². The molecule has 0 spiro atoms. The van der Waals surface area contributed by atoms with Crippen molar-refractivity contribution in [1.29, 1.82) is 0 Å². The van der Waals surface area contributed by atoms with Gasteiger partial charge >= 0.3 is 0 Å². The van der Waals surface area contributed by atoms with Gasteiger partial charge in [0.1, 0.15) is 18.2 Å². The van der Waals surface area contributed by atoms with Gasteiger partial charge in [-0.15, -0.1) is 0 Å². The predicted molar refractivity (Wildman–Crippen MR) is 73.0 cm³/mol. The Morgan fingerprint density at radius 1 is 1.39 bits per heavy atom. The van der Waals surface area contributed by atoms with Crippen molar-refractivity contribution in [2.24, 2.45) is 5.92 Å². The Morgan fingerprint density at radius 3 is 2.94 bits per heavy atom. The molecule has 0 aromatic carbocycles. The maximum atomic E-state index is 6.05. The average Bonchev–Trinajstić information content (AvgIpc) is 2.35. The molecule has 0 saturated heterocycles. The Balaban J connectivity index is 2.06. The molecule has 4 nitrogen and oxygen atoms in total. The lowest BCUT2D eigenvalue weighted by atomic mass is 9.89. The van der Waals surface area contributed by atoms with E-state index in [9.17, 15) is 0 Å². The molecular formula is C14H23N3O. The first-order valence-electron chi connectivity index (χ1n) is 6.92. The maximum Gasteiger partial charge on any atom is 0.221 e. The number of hydrogen-bond acceptors (Lipinski definition) is 4. The van der Waals surface area contributed by atoms with Crippen LogP contribution < -0.4 is 10.1 Å². The summed E-state index contributed by atoms with van der Waals surface area (Å²) in [6, 6.07) is 0. The van der Waals surface area contributed by atoms with E-state index in [0.29, 0.717) is 6.10 Å². The van der Waals surface area contributed by atoms with Gasteiger partial charge in [0.25, 0.3) is 0 Å². The zero-order valence-electron chi connectivity index (χ0n) is 11.6. The van der Waals surface area contributed by atoms with Crippen LogP contribution in [0.1, 0.15) is 45.1 Å². The van der Waals surface area contributed by atoms with Crippen LogP contribution in [0.2, 0.25) is 0 Å². The van der Waals surface area contributed by atoms with Crippen molar-refractivity contribution in [2.75, 3.05) is 11.9 Å². The molecule has 1 aliphatic rings. The average molecular weight is 249 g/mol. The van der Waals surface area contributed by atoms with E-state index < -0.39 is 0 Å². The molecule has 1 aliphatic carbocycles. The fraction of sp³-hybridized carbons (Fsp3) is 0.714. The van der Waals surface area contributed by atoms with Gasteiger partial charge in [-0.25, -0.2) is 9.97 Å². The summed E-state index contributed by atoms with van der Waals surface area (Å²) >= 11 is 0. The second-order valence-electron chi connectivity index (χ2n) is 5.19. The van der Waals surface area contributed by atoms with Crippen LogP contribution in [-0.2, 0) is 0 Å². The number of anilines is 1. The number of hydrogen-bond donors (Lipinski definition) is 1. The van der Waals surface area contributed by atoms with Gasteiger partial charge in [-0.2, -0.15) is 0 Å². The Kier molecular flexibility index (Phi) is 4.39. The van der Waals surface area contributed by atoms with Crippen LogP contribution in [-0.4, -0.2) is 22.6 Å². The van der Waals surface area contributed by atoms with Crippen LogP contribution >= 0.6 is 0 Å². The van der Waals surface area contributed by atoms with Gasteiger partial charge in [0.2, 0.25) is 5.88 Å². The molecule has 0 radical (unpaired) electrons. The highest BCUT2D eigenvalue weighted by Crippen LogP contribution is 2.29. The van der Waals surface area contributed by atoms with Gasteiger partial charge in [-0.1, -0.05) is 13.3 Å². The summed E-state index contributed by atoms with van der Waals surface area (Å²) in [5.41, 5.74) is 1.01. The summed E-state index contributed by atoms with van der Waals surface area (Å²) in [4.78, 5) is 8.50. The number of aromatic nitrogens is 2. The third-order valence-electron chi connectivity index (χ3n) is 3.55. The number of ether oxygens (including phenoxy) is 1. The van der Waals surface area contributed by atoms with E-state index >= 15 is 0 Å². The Morgan fingerprint density at radius 2 is 2.22 bits per heavy atom. The van der Waals surface area contributed by atoms with Crippen LogP contribution in [0.25, 0.3) is 0 Å². The smallest absolute Gasteiger partial charge is 0.221 e. The first-order chi connectivity index (χ1) is 8.70. The highest BCUT2D eigenvalue weighted by atomic mass is 16.5. The van der Waals surface area contributed by atoms with Gasteiger partial charge < -0.3 is 10.1 Å². The minimum atomic E-state index is 0.317. The summed E-state index contributed by atoms with van der Waals surface area (Å²) < 4.78 is 6.05. The molecule has 18 heavy (non-hydrogen) atoms. The van der Waals surface area contributed by atoms with Crippen LogP contribution in [0.3, 0.4) is 0 Å². The Hall–Kier alpha value is -1.32. The summed E-state index contributed by atoms with van der Waals surface area (Å²) in [5, 5.41) is 3.23. The minimum Gasteiger partial charge on any atom is -0.474 e. The third-order valence-corrected chi connectivity index (χ3v) is 3.55. The SMILES string of the molecule is CCNc1ncnc(OC2CCCC(C)C2)c1C. The van der Waals surface area contributed by atoms with Crippen molar-refractivity contribution in [3.8, 4) is 5.88 Å².